The third-order valence-electron chi connectivity index (χ3n) is 3.03. The van der Waals surface area contributed by atoms with Gasteiger partial charge in [0.1, 0.15) is 5.75 Å². The van der Waals surface area contributed by atoms with Gasteiger partial charge in [0, 0.05) is 19.3 Å². The molecule has 0 saturated carbocycles. The lowest BCUT2D eigenvalue weighted by molar-refractivity contribution is 0.185. The maximum atomic E-state index is 5.63. The molecule has 1 N–H and O–H groups in total. The molecule has 0 radical (unpaired) electrons. The van der Waals surface area contributed by atoms with Gasteiger partial charge in [0.2, 0.25) is 0 Å². The highest BCUT2D eigenvalue weighted by Crippen LogP contribution is 2.17. The van der Waals surface area contributed by atoms with Gasteiger partial charge in [-0.3, -0.25) is 0 Å². The molecule has 21 heavy (non-hydrogen) atoms. The van der Waals surface area contributed by atoms with Crippen LogP contribution in [-0.4, -0.2) is 13.2 Å². The molecule has 0 atom stereocenters. The number of benzene rings is 2. The largest absolute Gasteiger partial charge is 0.491 e. The van der Waals surface area contributed by atoms with Gasteiger partial charge in [-0.2, -0.15) is 0 Å². The van der Waals surface area contributed by atoms with Crippen molar-refractivity contribution in [3.63, 3.8) is 0 Å². The Kier molecular flexibility index (Phi) is 5.64. The number of ether oxygens (including phenoxy) is 2. The molecule has 0 bridgehead atoms. The quantitative estimate of drug-likeness (QED) is 0.825. The molecule has 2 rings (SSSR count). The first-order valence-corrected chi connectivity index (χ1v) is 7.24. The van der Waals surface area contributed by atoms with E-state index in [1.165, 1.54) is 11.1 Å². The fourth-order valence-corrected chi connectivity index (χ4v) is 2.12. The summed E-state index contributed by atoms with van der Waals surface area (Å²) in [6.45, 7) is 5.50. The van der Waals surface area contributed by atoms with Crippen LogP contribution < -0.4 is 10.1 Å². The molecular weight excluding hydrogens is 262 g/mol. The van der Waals surface area contributed by atoms with Crippen LogP contribution in [0.25, 0.3) is 0 Å². The van der Waals surface area contributed by atoms with E-state index in [-0.39, 0.29) is 6.10 Å². The first-order chi connectivity index (χ1) is 10.2. The Balaban J connectivity index is 1.91. The molecule has 0 spiro atoms. The Labute approximate surface area is 126 Å². The minimum atomic E-state index is 0.201. The predicted molar refractivity (Wildman–Crippen MR) is 86.7 cm³/mol. The van der Waals surface area contributed by atoms with Gasteiger partial charge in [0.25, 0.3) is 0 Å². The second kappa shape index (κ2) is 7.70. The van der Waals surface area contributed by atoms with Crippen molar-refractivity contribution in [1.29, 1.82) is 0 Å². The van der Waals surface area contributed by atoms with Crippen LogP contribution in [0.1, 0.15) is 25.0 Å². The minimum Gasteiger partial charge on any atom is -0.491 e. The van der Waals surface area contributed by atoms with Crippen LogP contribution in [0.3, 0.4) is 0 Å². The van der Waals surface area contributed by atoms with E-state index in [1.807, 2.05) is 38.1 Å². The number of nitrogens with one attached hydrogen (secondary N) is 1. The third-order valence-corrected chi connectivity index (χ3v) is 3.03. The molecule has 3 nitrogen and oxygen atoms in total. The maximum absolute atomic E-state index is 5.63. The molecule has 112 valence electrons. The SMILES string of the molecule is COCc1cccc(CNc2ccc(OC(C)C)cc2)c1. The zero-order chi connectivity index (χ0) is 15.1. The lowest BCUT2D eigenvalue weighted by Crippen LogP contribution is -2.05. The van der Waals surface area contributed by atoms with Crippen LogP contribution in [0.5, 0.6) is 5.75 Å². The summed E-state index contributed by atoms with van der Waals surface area (Å²) in [4.78, 5) is 0. The van der Waals surface area contributed by atoms with Crippen LogP contribution in [0.15, 0.2) is 48.5 Å². The minimum absolute atomic E-state index is 0.201. The fourth-order valence-electron chi connectivity index (χ4n) is 2.12. The Bertz CT molecular complexity index is 549. The van der Waals surface area contributed by atoms with Gasteiger partial charge in [0.15, 0.2) is 0 Å². The molecule has 2 aromatic rings. The molecule has 0 heterocycles. The van der Waals surface area contributed by atoms with Crippen molar-refractivity contribution in [1.82, 2.24) is 0 Å². The Morgan fingerprint density at radius 2 is 1.71 bits per heavy atom. The van der Waals surface area contributed by atoms with E-state index in [1.54, 1.807) is 7.11 Å². The van der Waals surface area contributed by atoms with Crippen LogP contribution in [0, 0.1) is 0 Å². The van der Waals surface area contributed by atoms with E-state index in [2.05, 4.69) is 29.6 Å². The average Bonchev–Trinajstić information content (AvgIpc) is 2.47. The van der Waals surface area contributed by atoms with Gasteiger partial charge >= 0.3 is 0 Å². The van der Waals surface area contributed by atoms with Gasteiger partial charge < -0.3 is 14.8 Å². The Morgan fingerprint density at radius 3 is 2.38 bits per heavy atom. The van der Waals surface area contributed by atoms with Gasteiger partial charge in [-0.15, -0.1) is 0 Å². The first kappa shape index (κ1) is 15.4. The molecule has 0 aliphatic carbocycles. The zero-order valence-electron chi connectivity index (χ0n) is 12.9. The summed E-state index contributed by atoms with van der Waals surface area (Å²) in [5.41, 5.74) is 3.52. The van der Waals surface area contributed by atoms with E-state index >= 15 is 0 Å². The molecule has 0 aliphatic rings. The van der Waals surface area contributed by atoms with Gasteiger partial charge in [-0.1, -0.05) is 24.3 Å². The number of anilines is 1. The van der Waals surface area contributed by atoms with E-state index in [4.69, 9.17) is 9.47 Å². The Morgan fingerprint density at radius 1 is 1.00 bits per heavy atom. The highest BCUT2D eigenvalue weighted by atomic mass is 16.5. The summed E-state index contributed by atoms with van der Waals surface area (Å²) in [5.74, 6) is 0.901. The van der Waals surface area contributed by atoms with Crippen LogP contribution in [-0.2, 0) is 17.9 Å². The fraction of sp³-hybridized carbons (Fsp3) is 0.333. The van der Waals surface area contributed by atoms with Gasteiger partial charge in [-0.25, -0.2) is 0 Å². The third kappa shape index (κ3) is 5.12. The van der Waals surface area contributed by atoms with Crippen molar-refractivity contribution in [3.8, 4) is 5.75 Å². The summed E-state index contributed by atoms with van der Waals surface area (Å²) in [7, 11) is 1.71. The van der Waals surface area contributed by atoms with Crippen LogP contribution >= 0.6 is 0 Å². The van der Waals surface area contributed by atoms with E-state index in [0.29, 0.717) is 6.61 Å². The van der Waals surface area contributed by atoms with Crippen molar-refractivity contribution >= 4 is 5.69 Å². The van der Waals surface area contributed by atoms with Crippen molar-refractivity contribution < 1.29 is 9.47 Å². The van der Waals surface area contributed by atoms with Gasteiger partial charge in [-0.05, 0) is 49.2 Å². The summed E-state index contributed by atoms with van der Waals surface area (Å²) < 4.78 is 10.8. The second-order valence-corrected chi connectivity index (χ2v) is 5.30. The Hall–Kier alpha value is -2.00. The van der Waals surface area contributed by atoms with E-state index in [9.17, 15) is 0 Å². The molecule has 3 heteroatoms. The molecular formula is C18H23NO2. The lowest BCUT2D eigenvalue weighted by Gasteiger charge is -2.11. The molecule has 0 unspecified atom stereocenters. The zero-order valence-corrected chi connectivity index (χ0v) is 12.9. The molecule has 0 saturated heterocycles. The van der Waals surface area contributed by atoms with Crippen LogP contribution in [0.2, 0.25) is 0 Å². The van der Waals surface area contributed by atoms with Crippen molar-refractivity contribution in [3.05, 3.63) is 59.7 Å². The van der Waals surface area contributed by atoms with Crippen molar-refractivity contribution in [2.45, 2.75) is 33.1 Å². The molecule has 0 amide bonds. The summed E-state index contributed by atoms with van der Waals surface area (Å²) in [6.07, 6.45) is 0.201. The summed E-state index contributed by atoms with van der Waals surface area (Å²) in [6, 6.07) is 16.5. The molecule has 0 aromatic heterocycles. The topological polar surface area (TPSA) is 30.5 Å². The van der Waals surface area contributed by atoms with Gasteiger partial charge in [0.05, 0.1) is 12.7 Å². The number of hydrogen-bond donors (Lipinski definition) is 1. The van der Waals surface area contributed by atoms with E-state index < -0.39 is 0 Å². The predicted octanol–water partition coefficient (Wildman–Crippen LogP) is 4.23. The number of hydrogen-bond acceptors (Lipinski definition) is 3. The monoisotopic (exact) mass is 285 g/mol. The highest BCUT2D eigenvalue weighted by Gasteiger charge is 1.99. The molecule has 2 aromatic carbocycles. The smallest absolute Gasteiger partial charge is 0.119 e. The second-order valence-electron chi connectivity index (χ2n) is 5.30. The van der Waals surface area contributed by atoms with Crippen LogP contribution in [0.4, 0.5) is 5.69 Å². The molecule has 0 aliphatic heterocycles. The molecule has 0 fully saturated rings. The summed E-state index contributed by atoms with van der Waals surface area (Å²) in [5, 5.41) is 3.41. The normalized spacial score (nSPS) is 10.7. The van der Waals surface area contributed by atoms with E-state index in [0.717, 1.165) is 18.0 Å². The first-order valence-electron chi connectivity index (χ1n) is 7.24. The van der Waals surface area contributed by atoms with Crippen molar-refractivity contribution in [2.24, 2.45) is 0 Å². The number of rotatable bonds is 7. The highest BCUT2D eigenvalue weighted by molar-refractivity contribution is 5.47. The van der Waals surface area contributed by atoms with Crippen molar-refractivity contribution in [2.75, 3.05) is 12.4 Å². The lowest BCUT2D eigenvalue weighted by atomic mass is 10.1. The summed E-state index contributed by atoms with van der Waals surface area (Å²) >= 11 is 0. The average molecular weight is 285 g/mol. The number of methoxy groups -OCH3 is 1. The standard InChI is InChI=1S/C18H23NO2/c1-14(2)21-18-9-7-17(8-10-18)19-12-15-5-4-6-16(11-15)13-20-3/h4-11,14,19H,12-13H2,1-3H3. The maximum Gasteiger partial charge on any atom is 0.119 e.